The van der Waals surface area contributed by atoms with Crippen LogP contribution in [0, 0.1) is 0 Å². The van der Waals surface area contributed by atoms with Crippen molar-refractivity contribution in [1.82, 2.24) is 15.1 Å². The Bertz CT molecular complexity index is 379. The molecular formula is C17H31N3O3. The average Bonchev–Trinajstić information content (AvgIpc) is 2.63. The van der Waals surface area contributed by atoms with Crippen LogP contribution in [0.15, 0.2) is 11.8 Å². The number of piperazine rings is 1. The summed E-state index contributed by atoms with van der Waals surface area (Å²) in [5.41, 5.74) is 0. The van der Waals surface area contributed by atoms with Gasteiger partial charge in [0.1, 0.15) is 18.5 Å². The minimum Gasteiger partial charge on any atom is -0.494 e. The first-order chi connectivity index (χ1) is 11.4. The predicted octanol–water partition coefficient (Wildman–Crippen LogP) is 0.302. The monoisotopic (exact) mass is 325 g/mol. The minimum atomic E-state index is 0.124. The van der Waals surface area contributed by atoms with Crippen LogP contribution in [-0.4, -0.2) is 94.7 Å². The van der Waals surface area contributed by atoms with Crippen molar-refractivity contribution < 1.29 is 14.2 Å². The number of nitrogens with one attached hydrogen (secondary N) is 1. The quantitative estimate of drug-likeness (QED) is 0.758. The summed E-state index contributed by atoms with van der Waals surface area (Å²) >= 11 is 0. The Balaban J connectivity index is 1.51. The molecule has 3 aliphatic rings. The van der Waals surface area contributed by atoms with Gasteiger partial charge < -0.3 is 19.5 Å². The van der Waals surface area contributed by atoms with Gasteiger partial charge in [-0.25, -0.2) is 0 Å². The third-order valence-electron chi connectivity index (χ3n) is 5.08. The van der Waals surface area contributed by atoms with Crippen molar-refractivity contribution in [3.05, 3.63) is 11.8 Å². The third kappa shape index (κ3) is 4.90. The molecule has 2 aliphatic heterocycles. The van der Waals surface area contributed by atoms with Crippen molar-refractivity contribution >= 4 is 0 Å². The number of hydrogen-bond donors (Lipinski definition) is 1. The second kappa shape index (κ2) is 8.99. The lowest BCUT2D eigenvalue weighted by Crippen LogP contribution is -2.49. The summed E-state index contributed by atoms with van der Waals surface area (Å²) < 4.78 is 17.1. The standard InChI is InChI=1S/C17H31N3O3/c1-21-16-3-2-15(20-6-4-18-5-7-20)14-17(16)23-13-10-19-8-11-22-12-9-19/h14-16,18H,2-13H2,1H3/t15?,16-/m0/s1. The number of hydrogen-bond acceptors (Lipinski definition) is 6. The van der Waals surface area contributed by atoms with E-state index in [0.29, 0.717) is 6.04 Å². The maximum atomic E-state index is 6.12. The summed E-state index contributed by atoms with van der Waals surface area (Å²) in [5, 5.41) is 3.42. The van der Waals surface area contributed by atoms with Crippen LogP contribution in [0.5, 0.6) is 0 Å². The maximum Gasteiger partial charge on any atom is 0.122 e. The highest BCUT2D eigenvalue weighted by Crippen LogP contribution is 2.25. The van der Waals surface area contributed by atoms with E-state index in [2.05, 4.69) is 21.2 Å². The number of morpholine rings is 1. The molecule has 6 nitrogen and oxygen atoms in total. The number of rotatable bonds is 6. The molecule has 0 aromatic heterocycles. The molecule has 2 fully saturated rings. The van der Waals surface area contributed by atoms with E-state index >= 15 is 0 Å². The van der Waals surface area contributed by atoms with E-state index in [-0.39, 0.29) is 6.10 Å². The van der Waals surface area contributed by atoms with E-state index in [9.17, 15) is 0 Å². The molecule has 132 valence electrons. The van der Waals surface area contributed by atoms with E-state index in [1.807, 2.05) is 0 Å². The van der Waals surface area contributed by atoms with Gasteiger partial charge in [-0.15, -0.1) is 0 Å². The molecule has 2 heterocycles. The molecule has 6 heteroatoms. The molecule has 0 radical (unpaired) electrons. The number of methoxy groups -OCH3 is 1. The third-order valence-corrected chi connectivity index (χ3v) is 5.08. The van der Waals surface area contributed by atoms with Gasteiger partial charge in [0.05, 0.1) is 13.2 Å². The molecule has 0 amide bonds. The smallest absolute Gasteiger partial charge is 0.122 e. The molecular weight excluding hydrogens is 294 g/mol. The summed E-state index contributed by atoms with van der Waals surface area (Å²) in [6.07, 6.45) is 4.64. The lowest BCUT2D eigenvalue weighted by Gasteiger charge is -2.37. The van der Waals surface area contributed by atoms with Crippen LogP contribution < -0.4 is 5.32 Å². The van der Waals surface area contributed by atoms with E-state index in [4.69, 9.17) is 14.2 Å². The topological polar surface area (TPSA) is 46.2 Å². The first-order valence-corrected chi connectivity index (χ1v) is 8.99. The fourth-order valence-corrected chi connectivity index (χ4v) is 3.64. The van der Waals surface area contributed by atoms with Gasteiger partial charge in [-0.3, -0.25) is 9.80 Å². The molecule has 0 spiro atoms. The van der Waals surface area contributed by atoms with Gasteiger partial charge in [0, 0.05) is 59.0 Å². The summed E-state index contributed by atoms with van der Waals surface area (Å²) in [5.74, 6) is 1.04. The average molecular weight is 325 g/mol. The summed E-state index contributed by atoms with van der Waals surface area (Å²) in [6, 6.07) is 0.502. The molecule has 1 N–H and O–H groups in total. The first kappa shape index (κ1) is 17.2. The van der Waals surface area contributed by atoms with Crippen LogP contribution in [0.25, 0.3) is 0 Å². The zero-order valence-corrected chi connectivity index (χ0v) is 14.3. The summed E-state index contributed by atoms with van der Waals surface area (Å²) in [6.45, 7) is 9.84. The Kier molecular flexibility index (Phi) is 6.71. The largest absolute Gasteiger partial charge is 0.494 e. The van der Waals surface area contributed by atoms with Crippen molar-refractivity contribution in [1.29, 1.82) is 0 Å². The van der Waals surface area contributed by atoms with Crippen molar-refractivity contribution in [2.75, 3.05) is 72.7 Å². The van der Waals surface area contributed by atoms with Crippen LogP contribution >= 0.6 is 0 Å². The Hall–Kier alpha value is -0.660. The van der Waals surface area contributed by atoms with Crippen LogP contribution in [0.4, 0.5) is 0 Å². The molecule has 0 bridgehead atoms. The molecule has 0 aromatic rings. The van der Waals surface area contributed by atoms with Crippen molar-refractivity contribution in [3.8, 4) is 0 Å². The Morgan fingerprint density at radius 3 is 2.70 bits per heavy atom. The summed E-state index contributed by atoms with van der Waals surface area (Å²) in [4.78, 5) is 4.97. The Morgan fingerprint density at radius 1 is 1.17 bits per heavy atom. The SMILES string of the molecule is CO[C@H]1CCC(N2CCNCC2)C=C1OCCN1CCOCC1. The Morgan fingerprint density at radius 2 is 1.96 bits per heavy atom. The van der Waals surface area contributed by atoms with Gasteiger partial charge in [-0.1, -0.05) is 0 Å². The van der Waals surface area contributed by atoms with E-state index in [1.54, 1.807) is 7.11 Å². The van der Waals surface area contributed by atoms with Crippen LogP contribution in [0.1, 0.15) is 12.8 Å². The van der Waals surface area contributed by atoms with Crippen molar-refractivity contribution in [3.63, 3.8) is 0 Å². The van der Waals surface area contributed by atoms with E-state index < -0.39 is 0 Å². The Labute approximate surface area is 139 Å². The maximum absolute atomic E-state index is 6.12. The van der Waals surface area contributed by atoms with Gasteiger partial charge in [0.25, 0.3) is 0 Å². The van der Waals surface area contributed by atoms with Crippen molar-refractivity contribution in [2.45, 2.75) is 25.0 Å². The molecule has 2 saturated heterocycles. The molecule has 0 aromatic carbocycles. The lowest BCUT2D eigenvalue weighted by molar-refractivity contribution is 0.0106. The molecule has 0 saturated carbocycles. The highest BCUT2D eigenvalue weighted by molar-refractivity contribution is 5.11. The van der Waals surface area contributed by atoms with Gasteiger partial charge >= 0.3 is 0 Å². The number of nitrogens with zero attached hydrogens (tertiary/aromatic N) is 2. The van der Waals surface area contributed by atoms with Gasteiger partial charge in [-0.05, 0) is 18.9 Å². The zero-order valence-electron chi connectivity index (χ0n) is 14.3. The predicted molar refractivity (Wildman–Crippen MR) is 89.6 cm³/mol. The lowest BCUT2D eigenvalue weighted by atomic mass is 9.97. The first-order valence-electron chi connectivity index (χ1n) is 8.99. The highest BCUT2D eigenvalue weighted by atomic mass is 16.5. The molecule has 1 unspecified atom stereocenters. The minimum absolute atomic E-state index is 0.124. The zero-order chi connectivity index (χ0) is 15.9. The fourth-order valence-electron chi connectivity index (χ4n) is 3.64. The number of ether oxygens (including phenoxy) is 3. The van der Waals surface area contributed by atoms with Crippen LogP contribution in [0.3, 0.4) is 0 Å². The van der Waals surface area contributed by atoms with Crippen LogP contribution in [0.2, 0.25) is 0 Å². The van der Waals surface area contributed by atoms with Crippen molar-refractivity contribution in [2.24, 2.45) is 0 Å². The second-order valence-electron chi connectivity index (χ2n) is 6.53. The second-order valence-corrected chi connectivity index (χ2v) is 6.53. The van der Waals surface area contributed by atoms with Gasteiger partial charge in [-0.2, -0.15) is 0 Å². The van der Waals surface area contributed by atoms with Gasteiger partial charge in [0.15, 0.2) is 0 Å². The normalized spacial score (nSPS) is 30.9. The van der Waals surface area contributed by atoms with Gasteiger partial charge in [0.2, 0.25) is 0 Å². The fraction of sp³-hybridized carbons (Fsp3) is 0.882. The molecule has 23 heavy (non-hydrogen) atoms. The van der Waals surface area contributed by atoms with E-state index in [0.717, 1.165) is 84.2 Å². The summed E-state index contributed by atoms with van der Waals surface area (Å²) in [7, 11) is 1.79. The molecule has 3 rings (SSSR count). The molecule has 1 aliphatic carbocycles. The van der Waals surface area contributed by atoms with Crippen LogP contribution in [-0.2, 0) is 14.2 Å². The van der Waals surface area contributed by atoms with E-state index in [1.165, 1.54) is 0 Å². The molecule has 2 atom stereocenters. The highest BCUT2D eigenvalue weighted by Gasteiger charge is 2.28.